The van der Waals surface area contributed by atoms with E-state index in [9.17, 15) is 9.59 Å². The van der Waals surface area contributed by atoms with Gasteiger partial charge in [0.15, 0.2) is 0 Å². The number of amides is 1. The predicted octanol–water partition coefficient (Wildman–Crippen LogP) is 3.91. The van der Waals surface area contributed by atoms with E-state index >= 15 is 0 Å². The Morgan fingerprint density at radius 1 is 1.48 bits per heavy atom. The molecule has 1 fully saturated rings. The zero-order valence-electron chi connectivity index (χ0n) is 11.9. The van der Waals surface area contributed by atoms with Crippen molar-refractivity contribution in [1.29, 1.82) is 0 Å². The van der Waals surface area contributed by atoms with Crippen LogP contribution >= 0.6 is 23.2 Å². The summed E-state index contributed by atoms with van der Waals surface area (Å²) in [5.41, 5.74) is 0.514. The van der Waals surface area contributed by atoms with Gasteiger partial charge in [-0.1, -0.05) is 30.1 Å². The smallest absolute Gasteiger partial charge is 0.309 e. The van der Waals surface area contributed by atoms with Crippen molar-refractivity contribution in [2.45, 2.75) is 32.8 Å². The maximum Gasteiger partial charge on any atom is 0.309 e. The molecule has 1 aromatic rings. The quantitative estimate of drug-likeness (QED) is 0.852. The zero-order valence-corrected chi connectivity index (χ0v) is 13.4. The minimum absolute atomic E-state index is 0.0662. The number of anilines is 1. The number of cyclic esters (lactones) is 1. The molecule has 0 bridgehead atoms. The number of benzene rings is 1. The number of hydrogen-bond donors (Lipinski definition) is 1. The Morgan fingerprint density at radius 2 is 2.19 bits per heavy atom. The molecule has 1 amide bonds. The minimum atomic E-state index is -0.306. The number of rotatable bonds is 4. The molecule has 3 unspecified atom stereocenters. The van der Waals surface area contributed by atoms with Gasteiger partial charge in [0.1, 0.15) is 0 Å². The van der Waals surface area contributed by atoms with Gasteiger partial charge in [0.05, 0.1) is 22.7 Å². The van der Waals surface area contributed by atoms with E-state index in [2.05, 4.69) is 5.32 Å². The highest BCUT2D eigenvalue weighted by Crippen LogP contribution is 2.29. The average Bonchev–Trinajstić information content (AvgIpc) is 2.71. The van der Waals surface area contributed by atoms with E-state index in [-0.39, 0.29) is 29.8 Å². The molecule has 1 aliphatic heterocycles. The van der Waals surface area contributed by atoms with E-state index in [1.165, 1.54) is 0 Å². The molecule has 0 radical (unpaired) electrons. The molecule has 1 aromatic carbocycles. The van der Waals surface area contributed by atoms with Gasteiger partial charge >= 0.3 is 5.97 Å². The molecule has 1 N–H and O–H groups in total. The molecule has 21 heavy (non-hydrogen) atoms. The highest BCUT2D eigenvalue weighted by Gasteiger charge is 2.34. The van der Waals surface area contributed by atoms with Crippen LogP contribution in [0.15, 0.2) is 18.2 Å². The Balaban J connectivity index is 1.95. The van der Waals surface area contributed by atoms with Crippen LogP contribution in [0.3, 0.4) is 0 Å². The molecule has 4 nitrogen and oxygen atoms in total. The summed E-state index contributed by atoms with van der Waals surface area (Å²) in [6, 6.07) is 4.88. The molecule has 1 heterocycles. The van der Waals surface area contributed by atoms with Crippen LogP contribution in [0.1, 0.15) is 26.7 Å². The van der Waals surface area contributed by atoms with E-state index in [0.29, 0.717) is 28.6 Å². The maximum absolute atomic E-state index is 12.2. The Morgan fingerprint density at radius 3 is 2.76 bits per heavy atom. The fourth-order valence-corrected chi connectivity index (χ4v) is 2.87. The van der Waals surface area contributed by atoms with Crippen molar-refractivity contribution in [2.75, 3.05) is 5.32 Å². The fraction of sp³-hybridized carbons (Fsp3) is 0.467. The second kappa shape index (κ2) is 6.67. The van der Waals surface area contributed by atoms with Crippen molar-refractivity contribution >= 4 is 40.8 Å². The molecule has 3 atom stereocenters. The number of halogens is 2. The summed E-state index contributed by atoms with van der Waals surface area (Å²) >= 11 is 11.8. The lowest BCUT2D eigenvalue weighted by Crippen LogP contribution is -2.24. The molecule has 1 aliphatic rings. The monoisotopic (exact) mass is 329 g/mol. The third kappa shape index (κ3) is 4.11. The summed E-state index contributed by atoms with van der Waals surface area (Å²) in [5.74, 6) is -0.903. The number of carbonyl (C=O) groups excluding carboxylic acids is 2. The van der Waals surface area contributed by atoms with Crippen LogP contribution in [-0.2, 0) is 14.3 Å². The van der Waals surface area contributed by atoms with E-state index in [0.717, 1.165) is 0 Å². The minimum Gasteiger partial charge on any atom is -0.462 e. The first kappa shape index (κ1) is 16.1. The first-order chi connectivity index (χ1) is 9.86. The first-order valence-corrected chi connectivity index (χ1v) is 7.59. The Bertz CT molecular complexity index is 562. The summed E-state index contributed by atoms with van der Waals surface area (Å²) in [4.78, 5) is 23.8. The molecule has 0 spiro atoms. The molecule has 6 heteroatoms. The first-order valence-electron chi connectivity index (χ1n) is 6.83. The van der Waals surface area contributed by atoms with Crippen LogP contribution in [0.5, 0.6) is 0 Å². The van der Waals surface area contributed by atoms with Crippen LogP contribution in [0.2, 0.25) is 10.0 Å². The normalized spacial score (nSPS) is 22.8. The molecular weight excluding hydrogens is 313 g/mol. The SMILES string of the molecule is CC1CC(CC(C)C(=O)Nc2ccc(Cl)cc2Cl)C(=O)O1. The van der Waals surface area contributed by atoms with Crippen LogP contribution in [-0.4, -0.2) is 18.0 Å². The fourth-order valence-electron chi connectivity index (χ4n) is 2.41. The van der Waals surface area contributed by atoms with Gasteiger partial charge in [-0.15, -0.1) is 0 Å². The average molecular weight is 330 g/mol. The van der Waals surface area contributed by atoms with E-state index < -0.39 is 0 Å². The van der Waals surface area contributed by atoms with E-state index in [1.807, 2.05) is 6.92 Å². The van der Waals surface area contributed by atoms with Gasteiger partial charge in [0.2, 0.25) is 5.91 Å². The van der Waals surface area contributed by atoms with Gasteiger partial charge in [-0.05, 0) is 38.0 Å². The summed E-state index contributed by atoms with van der Waals surface area (Å²) in [6.07, 6.45) is 1.07. The van der Waals surface area contributed by atoms with Crippen LogP contribution < -0.4 is 5.32 Å². The second-order valence-electron chi connectivity index (χ2n) is 5.43. The highest BCUT2D eigenvalue weighted by molar-refractivity contribution is 6.36. The lowest BCUT2D eigenvalue weighted by molar-refractivity contribution is -0.144. The van der Waals surface area contributed by atoms with Gasteiger partial charge in [0, 0.05) is 10.9 Å². The Kier molecular flexibility index (Phi) is 5.12. The molecule has 2 rings (SSSR count). The number of carbonyl (C=O) groups is 2. The van der Waals surface area contributed by atoms with E-state index in [4.69, 9.17) is 27.9 Å². The van der Waals surface area contributed by atoms with Crippen LogP contribution in [0, 0.1) is 11.8 Å². The van der Waals surface area contributed by atoms with Crippen molar-refractivity contribution in [3.05, 3.63) is 28.2 Å². The molecule has 1 saturated heterocycles. The molecule has 114 valence electrons. The predicted molar refractivity (Wildman–Crippen MR) is 82.5 cm³/mol. The van der Waals surface area contributed by atoms with Crippen molar-refractivity contribution in [3.63, 3.8) is 0 Å². The number of hydrogen-bond acceptors (Lipinski definition) is 3. The largest absolute Gasteiger partial charge is 0.462 e. The van der Waals surface area contributed by atoms with Crippen molar-refractivity contribution in [2.24, 2.45) is 11.8 Å². The van der Waals surface area contributed by atoms with Gasteiger partial charge in [-0.2, -0.15) is 0 Å². The van der Waals surface area contributed by atoms with Gasteiger partial charge in [-0.25, -0.2) is 0 Å². The highest BCUT2D eigenvalue weighted by atomic mass is 35.5. The van der Waals surface area contributed by atoms with Crippen molar-refractivity contribution in [1.82, 2.24) is 0 Å². The number of nitrogens with one attached hydrogen (secondary N) is 1. The topological polar surface area (TPSA) is 55.4 Å². The zero-order chi connectivity index (χ0) is 15.6. The van der Waals surface area contributed by atoms with Gasteiger partial charge in [0.25, 0.3) is 0 Å². The standard InChI is InChI=1S/C15H17Cl2NO3/c1-8(5-10-6-9(2)21-15(10)20)14(19)18-13-4-3-11(16)7-12(13)17/h3-4,7-10H,5-6H2,1-2H3,(H,18,19). The molecule has 0 aliphatic carbocycles. The van der Waals surface area contributed by atoms with Crippen molar-refractivity contribution in [3.8, 4) is 0 Å². The van der Waals surface area contributed by atoms with Gasteiger partial charge < -0.3 is 10.1 Å². The summed E-state index contributed by atoms with van der Waals surface area (Å²) < 4.78 is 5.10. The third-order valence-corrected chi connectivity index (χ3v) is 4.09. The number of esters is 1. The summed E-state index contributed by atoms with van der Waals surface area (Å²) in [5, 5.41) is 3.65. The summed E-state index contributed by atoms with van der Waals surface area (Å²) in [7, 11) is 0. The molecular formula is C15H17Cl2NO3. The Hall–Kier alpha value is -1.26. The third-order valence-electron chi connectivity index (χ3n) is 3.54. The second-order valence-corrected chi connectivity index (χ2v) is 6.27. The molecule has 0 aromatic heterocycles. The number of ether oxygens (including phenoxy) is 1. The van der Waals surface area contributed by atoms with Crippen LogP contribution in [0.25, 0.3) is 0 Å². The van der Waals surface area contributed by atoms with Gasteiger partial charge in [-0.3, -0.25) is 9.59 Å². The Labute approximate surface area is 133 Å². The van der Waals surface area contributed by atoms with Crippen LogP contribution in [0.4, 0.5) is 5.69 Å². The summed E-state index contributed by atoms with van der Waals surface area (Å²) in [6.45, 7) is 3.64. The van der Waals surface area contributed by atoms with Crippen molar-refractivity contribution < 1.29 is 14.3 Å². The lowest BCUT2D eigenvalue weighted by atomic mass is 9.93. The van der Waals surface area contributed by atoms with E-state index in [1.54, 1.807) is 25.1 Å². The maximum atomic E-state index is 12.2. The lowest BCUT2D eigenvalue weighted by Gasteiger charge is -2.15. The molecule has 0 saturated carbocycles.